The number of hydrogen-bond donors (Lipinski definition) is 3. The average Bonchev–Trinajstić information content (AvgIpc) is 2.49. The van der Waals surface area contributed by atoms with E-state index in [4.69, 9.17) is 10.5 Å². The highest BCUT2D eigenvalue weighted by molar-refractivity contribution is 5.95. The first kappa shape index (κ1) is 16.6. The number of rotatable bonds is 8. The average molecular weight is 291 g/mol. The Kier molecular flexibility index (Phi) is 6.80. The molecular formula is C15H21N3O3. The highest BCUT2D eigenvalue weighted by Gasteiger charge is 2.10. The third-order valence-electron chi connectivity index (χ3n) is 2.61. The lowest BCUT2D eigenvalue weighted by Gasteiger charge is -2.11. The minimum atomic E-state index is -0.254. The number of ether oxygens (including phenoxy) is 1. The fraction of sp³-hybridized carbons (Fsp3) is 0.333. The van der Waals surface area contributed by atoms with Crippen molar-refractivity contribution in [3.63, 3.8) is 0 Å². The predicted octanol–water partition coefficient (Wildman–Crippen LogP) is 1.09. The van der Waals surface area contributed by atoms with Crippen LogP contribution in [0.4, 0.5) is 5.69 Å². The second-order valence-electron chi connectivity index (χ2n) is 4.39. The van der Waals surface area contributed by atoms with Gasteiger partial charge in [0.15, 0.2) is 6.61 Å². The summed E-state index contributed by atoms with van der Waals surface area (Å²) in [6.45, 7) is 6.33. The van der Waals surface area contributed by atoms with E-state index in [-0.39, 0.29) is 18.4 Å². The maximum Gasteiger partial charge on any atom is 0.257 e. The van der Waals surface area contributed by atoms with Gasteiger partial charge in [0.25, 0.3) is 11.8 Å². The minimum absolute atomic E-state index is 0.137. The van der Waals surface area contributed by atoms with Gasteiger partial charge in [0, 0.05) is 18.7 Å². The van der Waals surface area contributed by atoms with Crippen LogP contribution in [0.3, 0.4) is 0 Å². The van der Waals surface area contributed by atoms with Crippen LogP contribution in [-0.4, -0.2) is 31.5 Å². The molecule has 0 aliphatic rings. The van der Waals surface area contributed by atoms with Crippen LogP contribution >= 0.6 is 0 Å². The summed E-state index contributed by atoms with van der Waals surface area (Å²) in [6, 6.07) is 4.68. The molecule has 21 heavy (non-hydrogen) atoms. The zero-order valence-electron chi connectivity index (χ0n) is 12.1. The van der Waals surface area contributed by atoms with Crippen molar-refractivity contribution in [1.82, 2.24) is 10.6 Å². The normalized spacial score (nSPS) is 9.76. The van der Waals surface area contributed by atoms with Crippen LogP contribution in [0.15, 0.2) is 30.9 Å². The molecule has 6 nitrogen and oxygen atoms in total. The second-order valence-corrected chi connectivity index (χ2v) is 4.39. The first-order valence-electron chi connectivity index (χ1n) is 6.76. The van der Waals surface area contributed by atoms with Crippen LogP contribution in [0.2, 0.25) is 0 Å². The third-order valence-corrected chi connectivity index (χ3v) is 2.61. The number of amides is 2. The second kappa shape index (κ2) is 8.63. The van der Waals surface area contributed by atoms with Gasteiger partial charge >= 0.3 is 0 Å². The van der Waals surface area contributed by atoms with E-state index in [1.165, 1.54) is 6.07 Å². The summed E-state index contributed by atoms with van der Waals surface area (Å²) in [5.41, 5.74) is 6.56. The standard InChI is InChI=1S/C15H21N3O3/c1-3-7-17-14(19)10-21-13-9-11(5-6-12(13)16)15(20)18-8-4-2/h4-6,9H,2-3,7-8,10,16H2,1H3,(H,17,19)(H,18,20). The summed E-state index contributed by atoms with van der Waals surface area (Å²) in [5, 5.41) is 5.35. The molecule has 0 fully saturated rings. The Bertz CT molecular complexity index is 515. The van der Waals surface area contributed by atoms with Crippen LogP contribution in [0.1, 0.15) is 23.7 Å². The van der Waals surface area contributed by atoms with Crippen molar-refractivity contribution in [3.8, 4) is 5.75 Å². The van der Waals surface area contributed by atoms with Gasteiger partial charge < -0.3 is 21.1 Å². The van der Waals surface area contributed by atoms with E-state index in [9.17, 15) is 9.59 Å². The predicted molar refractivity (Wildman–Crippen MR) is 82.2 cm³/mol. The molecule has 0 aliphatic heterocycles. The van der Waals surface area contributed by atoms with Crippen molar-refractivity contribution in [2.24, 2.45) is 0 Å². The molecule has 4 N–H and O–H groups in total. The van der Waals surface area contributed by atoms with Crippen LogP contribution in [0.5, 0.6) is 5.75 Å². The fourth-order valence-corrected chi connectivity index (χ4v) is 1.53. The molecule has 114 valence electrons. The van der Waals surface area contributed by atoms with Crippen molar-refractivity contribution in [2.45, 2.75) is 13.3 Å². The molecule has 0 bridgehead atoms. The van der Waals surface area contributed by atoms with Crippen molar-refractivity contribution >= 4 is 17.5 Å². The number of hydrogen-bond acceptors (Lipinski definition) is 4. The van der Waals surface area contributed by atoms with E-state index in [0.29, 0.717) is 30.1 Å². The Morgan fingerprint density at radius 1 is 1.38 bits per heavy atom. The molecule has 0 aromatic heterocycles. The molecule has 0 radical (unpaired) electrons. The van der Waals surface area contributed by atoms with Crippen molar-refractivity contribution in [3.05, 3.63) is 36.4 Å². The Labute approximate surface area is 124 Å². The number of anilines is 1. The molecule has 0 heterocycles. The van der Waals surface area contributed by atoms with Gasteiger partial charge in [-0.15, -0.1) is 6.58 Å². The van der Waals surface area contributed by atoms with Crippen molar-refractivity contribution in [2.75, 3.05) is 25.4 Å². The molecule has 0 saturated carbocycles. The lowest BCUT2D eigenvalue weighted by molar-refractivity contribution is -0.123. The fourth-order valence-electron chi connectivity index (χ4n) is 1.53. The van der Waals surface area contributed by atoms with Gasteiger partial charge in [-0.25, -0.2) is 0 Å². The largest absolute Gasteiger partial charge is 0.482 e. The topological polar surface area (TPSA) is 93.5 Å². The molecule has 1 rings (SSSR count). The Morgan fingerprint density at radius 2 is 2.14 bits per heavy atom. The molecule has 0 spiro atoms. The Morgan fingerprint density at radius 3 is 2.81 bits per heavy atom. The van der Waals surface area contributed by atoms with Gasteiger partial charge in [0.1, 0.15) is 5.75 Å². The van der Waals surface area contributed by atoms with Crippen LogP contribution in [0, 0.1) is 0 Å². The zero-order valence-corrected chi connectivity index (χ0v) is 12.1. The van der Waals surface area contributed by atoms with E-state index in [0.717, 1.165) is 6.42 Å². The van der Waals surface area contributed by atoms with Crippen molar-refractivity contribution in [1.29, 1.82) is 0 Å². The van der Waals surface area contributed by atoms with E-state index in [2.05, 4.69) is 17.2 Å². The summed E-state index contributed by atoms with van der Waals surface area (Å²) in [4.78, 5) is 23.3. The molecular weight excluding hydrogens is 270 g/mol. The van der Waals surface area contributed by atoms with E-state index in [1.807, 2.05) is 6.92 Å². The van der Waals surface area contributed by atoms with E-state index >= 15 is 0 Å². The monoisotopic (exact) mass is 291 g/mol. The highest BCUT2D eigenvalue weighted by atomic mass is 16.5. The number of benzene rings is 1. The van der Waals surface area contributed by atoms with Gasteiger partial charge in [0.05, 0.1) is 5.69 Å². The van der Waals surface area contributed by atoms with E-state index in [1.54, 1.807) is 18.2 Å². The number of carbonyl (C=O) groups is 2. The van der Waals surface area contributed by atoms with E-state index < -0.39 is 0 Å². The molecule has 1 aromatic rings. The number of carbonyl (C=O) groups excluding carboxylic acids is 2. The van der Waals surface area contributed by atoms with Gasteiger partial charge in [-0.3, -0.25) is 9.59 Å². The maximum absolute atomic E-state index is 11.8. The summed E-state index contributed by atoms with van der Waals surface area (Å²) in [7, 11) is 0. The van der Waals surface area contributed by atoms with Crippen LogP contribution < -0.4 is 21.1 Å². The van der Waals surface area contributed by atoms with Crippen molar-refractivity contribution < 1.29 is 14.3 Å². The summed E-state index contributed by atoms with van der Waals surface area (Å²) in [6.07, 6.45) is 2.44. The third kappa shape index (κ3) is 5.56. The van der Waals surface area contributed by atoms with Gasteiger partial charge in [-0.05, 0) is 24.6 Å². The number of nitrogen functional groups attached to an aromatic ring is 1. The maximum atomic E-state index is 11.8. The SMILES string of the molecule is C=CCNC(=O)c1ccc(N)c(OCC(=O)NCCC)c1. The molecule has 6 heteroatoms. The molecule has 0 saturated heterocycles. The number of nitrogens with two attached hydrogens (primary N) is 1. The molecule has 0 atom stereocenters. The Balaban J connectivity index is 2.67. The summed E-state index contributed by atoms with van der Waals surface area (Å²) in [5.74, 6) is -0.166. The quantitative estimate of drug-likeness (QED) is 0.493. The molecule has 0 unspecified atom stereocenters. The first-order chi connectivity index (χ1) is 10.1. The lowest BCUT2D eigenvalue weighted by atomic mass is 10.2. The van der Waals surface area contributed by atoms with Gasteiger partial charge in [-0.1, -0.05) is 13.0 Å². The smallest absolute Gasteiger partial charge is 0.257 e. The van der Waals surface area contributed by atoms with Crippen LogP contribution in [-0.2, 0) is 4.79 Å². The molecule has 1 aromatic carbocycles. The summed E-state index contributed by atoms with van der Waals surface area (Å²) >= 11 is 0. The van der Waals surface area contributed by atoms with Gasteiger partial charge in [-0.2, -0.15) is 0 Å². The molecule has 0 aliphatic carbocycles. The Hall–Kier alpha value is -2.50. The zero-order chi connectivity index (χ0) is 15.7. The van der Waals surface area contributed by atoms with Gasteiger partial charge in [0.2, 0.25) is 0 Å². The summed E-state index contributed by atoms with van der Waals surface area (Å²) < 4.78 is 5.35. The minimum Gasteiger partial charge on any atom is -0.482 e. The van der Waals surface area contributed by atoms with Crippen LogP contribution in [0.25, 0.3) is 0 Å². The highest BCUT2D eigenvalue weighted by Crippen LogP contribution is 2.22. The lowest BCUT2D eigenvalue weighted by Crippen LogP contribution is -2.29. The number of nitrogens with one attached hydrogen (secondary N) is 2. The molecule has 2 amide bonds. The first-order valence-corrected chi connectivity index (χ1v) is 6.76.